The highest BCUT2D eigenvalue weighted by molar-refractivity contribution is 8.13. The molecule has 5 nitrogen and oxygen atoms in total. The molecule has 1 aromatic carbocycles. The average molecular weight is 343 g/mol. The number of methoxy groups -OCH3 is 1. The Morgan fingerprint density at radius 3 is 2.55 bits per heavy atom. The molecule has 1 rings (SSSR count). The van der Waals surface area contributed by atoms with Gasteiger partial charge < -0.3 is 14.2 Å². The molecule has 20 heavy (non-hydrogen) atoms. The molecule has 0 fully saturated rings. The Hall–Kier alpha value is -0.530. The molecule has 0 amide bonds. The summed E-state index contributed by atoms with van der Waals surface area (Å²) in [5.74, 6) is 0.157. The fourth-order valence-corrected chi connectivity index (χ4v) is 2.64. The van der Waals surface area contributed by atoms with Crippen LogP contribution in [-0.2, 0) is 18.5 Å². The van der Waals surface area contributed by atoms with Crippen LogP contribution in [0.4, 0.5) is 0 Å². The summed E-state index contributed by atoms with van der Waals surface area (Å²) in [6.45, 7) is 1.74. The monoisotopic (exact) mass is 342 g/mol. The molecule has 114 valence electrons. The largest absolute Gasteiger partial charge is 0.490 e. The number of halogens is 2. The van der Waals surface area contributed by atoms with E-state index in [0.29, 0.717) is 19.8 Å². The van der Waals surface area contributed by atoms with Crippen LogP contribution in [0.1, 0.15) is 6.42 Å². The van der Waals surface area contributed by atoms with Gasteiger partial charge in [0.25, 0.3) is 9.05 Å². The molecule has 0 unspecified atom stereocenters. The van der Waals surface area contributed by atoms with E-state index in [-0.39, 0.29) is 22.3 Å². The highest BCUT2D eigenvalue weighted by Crippen LogP contribution is 2.29. The molecule has 0 aromatic heterocycles. The van der Waals surface area contributed by atoms with Gasteiger partial charge in [-0.2, -0.15) is 0 Å². The minimum Gasteiger partial charge on any atom is -0.490 e. The van der Waals surface area contributed by atoms with Gasteiger partial charge in [-0.3, -0.25) is 0 Å². The standard InChI is InChI=1S/C12H16Cl2O5S/c1-17-5-2-6-18-7-8-19-11-4-3-10(13)9-12(11)20(14,15)16/h3-4,9H,2,5-8H2,1H3. The van der Waals surface area contributed by atoms with Gasteiger partial charge in [0.15, 0.2) is 0 Å². The highest BCUT2D eigenvalue weighted by atomic mass is 35.7. The minimum absolute atomic E-state index is 0.147. The topological polar surface area (TPSA) is 61.8 Å². The Bertz CT molecular complexity index is 519. The summed E-state index contributed by atoms with van der Waals surface area (Å²) in [4.78, 5) is -0.147. The molecule has 0 heterocycles. The molecular weight excluding hydrogens is 327 g/mol. The summed E-state index contributed by atoms with van der Waals surface area (Å²) in [7, 11) is 3.04. The summed E-state index contributed by atoms with van der Waals surface area (Å²) in [6.07, 6.45) is 0.790. The Morgan fingerprint density at radius 2 is 1.90 bits per heavy atom. The van der Waals surface area contributed by atoms with Gasteiger partial charge >= 0.3 is 0 Å². The molecule has 0 radical (unpaired) electrons. The van der Waals surface area contributed by atoms with Crippen LogP contribution < -0.4 is 4.74 Å². The summed E-state index contributed by atoms with van der Waals surface area (Å²) in [6, 6.07) is 4.24. The van der Waals surface area contributed by atoms with Crippen molar-refractivity contribution in [3.8, 4) is 5.75 Å². The van der Waals surface area contributed by atoms with E-state index < -0.39 is 9.05 Å². The van der Waals surface area contributed by atoms with Gasteiger partial charge in [-0.05, 0) is 24.6 Å². The second kappa shape index (κ2) is 8.69. The van der Waals surface area contributed by atoms with Crippen molar-refractivity contribution in [2.75, 3.05) is 33.5 Å². The summed E-state index contributed by atoms with van der Waals surface area (Å²) in [5.41, 5.74) is 0. The van der Waals surface area contributed by atoms with E-state index >= 15 is 0 Å². The van der Waals surface area contributed by atoms with Gasteiger partial charge in [0.05, 0.1) is 6.61 Å². The molecule has 0 bridgehead atoms. The SMILES string of the molecule is COCCCOCCOc1ccc(Cl)cc1S(=O)(=O)Cl. The Morgan fingerprint density at radius 1 is 1.15 bits per heavy atom. The molecule has 0 aliphatic heterocycles. The third kappa shape index (κ3) is 6.28. The van der Waals surface area contributed by atoms with Crippen LogP contribution in [0.2, 0.25) is 5.02 Å². The zero-order chi connectivity index (χ0) is 15.0. The maximum Gasteiger partial charge on any atom is 0.265 e. The quantitative estimate of drug-likeness (QED) is 0.510. The molecular formula is C12H16Cl2O5S. The first kappa shape index (κ1) is 17.5. The van der Waals surface area contributed by atoms with Crippen LogP contribution in [0, 0.1) is 0 Å². The maximum absolute atomic E-state index is 11.4. The lowest BCUT2D eigenvalue weighted by molar-refractivity contribution is 0.0799. The molecule has 0 atom stereocenters. The van der Waals surface area contributed by atoms with Crippen LogP contribution in [0.5, 0.6) is 5.75 Å². The first-order valence-corrected chi connectivity index (χ1v) is 8.57. The van der Waals surface area contributed by atoms with E-state index in [1.807, 2.05) is 0 Å². The lowest BCUT2D eigenvalue weighted by atomic mass is 10.3. The molecule has 0 aliphatic rings. The molecule has 0 spiro atoms. The predicted octanol–water partition coefficient (Wildman–Crippen LogP) is 2.70. The van der Waals surface area contributed by atoms with E-state index in [1.165, 1.54) is 18.2 Å². The van der Waals surface area contributed by atoms with E-state index in [4.69, 9.17) is 36.5 Å². The van der Waals surface area contributed by atoms with Crippen LogP contribution >= 0.6 is 22.3 Å². The van der Waals surface area contributed by atoms with Crippen LogP contribution in [0.25, 0.3) is 0 Å². The number of hydrogen-bond acceptors (Lipinski definition) is 5. The molecule has 1 aromatic rings. The van der Waals surface area contributed by atoms with E-state index in [9.17, 15) is 8.42 Å². The zero-order valence-electron chi connectivity index (χ0n) is 11.0. The number of ether oxygens (including phenoxy) is 3. The fourth-order valence-electron chi connectivity index (χ4n) is 1.41. The van der Waals surface area contributed by atoms with Crippen molar-refractivity contribution >= 4 is 31.3 Å². The molecule has 0 aliphatic carbocycles. The molecule has 0 saturated heterocycles. The first-order chi connectivity index (χ1) is 9.45. The summed E-state index contributed by atoms with van der Waals surface area (Å²) < 4.78 is 38.3. The van der Waals surface area contributed by atoms with E-state index in [2.05, 4.69) is 0 Å². The Balaban J connectivity index is 2.48. The van der Waals surface area contributed by atoms with Crippen molar-refractivity contribution in [1.82, 2.24) is 0 Å². The first-order valence-electron chi connectivity index (χ1n) is 5.89. The number of benzene rings is 1. The van der Waals surface area contributed by atoms with Crippen LogP contribution in [0.15, 0.2) is 23.1 Å². The van der Waals surface area contributed by atoms with Gasteiger partial charge in [-0.1, -0.05) is 11.6 Å². The van der Waals surface area contributed by atoms with Crippen molar-refractivity contribution in [3.63, 3.8) is 0 Å². The highest BCUT2D eigenvalue weighted by Gasteiger charge is 2.17. The molecule has 0 saturated carbocycles. The van der Waals surface area contributed by atoms with Crippen LogP contribution in [0.3, 0.4) is 0 Å². The second-order valence-corrected chi connectivity index (χ2v) is 6.81. The average Bonchev–Trinajstić information content (AvgIpc) is 2.38. The van der Waals surface area contributed by atoms with Crippen molar-refractivity contribution in [2.24, 2.45) is 0 Å². The van der Waals surface area contributed by atoms with Crippen molar-refractivity contribution in [1.29, 1.82) is 0 Å². The zero-order valence-corrected chi connectivity index (χ0v) is 13.3. The van der Waals surface area contributed by atoms with Gasteiger partial charge in [0.2, 0.25) is 0 Å². The van der Waals surface area contributed by atoms with Gasteiger partial charge in [-0.15, -0.1) is 0 Å². The lowest BCUT2D eigenvalue weighted by Gasteiger charge is -2.10. The van der Waals surface area contributed by atoms with Gasteiger partial charge in [0, 0.05) is 36.0 Å². The smallest absolute Gasteiger partial charge is 0.265 e. The number of hydrogen-bond donors (Lipinski definition) is 0. The predicted molar refractivity (Wildman–Crippen MR) is 77.3 cm³/mol. The van der Waals surface area contributed by atoms with Crippen molar-refractivity contribution < 1.29 is 22.6 Å². The summed E-state index contributed by atoms with van der Waals surface area (Å²) in [5, 5.41) is 0.271. The lowest BCUT2D eigenvalue weighted by Crippen LogP contribution is -2.10. The Labute approximate surface area is 128 Å². The van der Waals surface area contributed by atoms with Crippen LogP contribution in [-0.4, -0.2) is 42.0 Å². The molecule has 0 N–H and O–H groups in total. The van der Waals surface area contributed by atoms with Crippen molar-refractivity contribution in [3.05, 3.63) is 23.2 Å². The Kier molecular flexibility index (Phi) is 7.61. The van der Waals surface area contributed by atoms with E-state index in [0.717, 1.165) is 6.42 Å². The normalized spacial score (nSPS) is 11.6. The third-order valence-electron chi connectivity index (χ3n) is 2.29. The molecule has 8 heteroatoms. The van der Waals surface area contributed by atoms with Crippen molar-refractivity contribution in [2.45, 2.75) is 11.3 Å². The fraction of sp³-hybridized carbons (Fsp3) is 0.500. The summed E-state index contributed by atoms with van der Waals surface area (Å²) >= 11 is 5.74. The minimum atomic E-state index is -3.91. The number of rotatable bonds is 9. The van der Waals surface area contributed by atoms with E-state index in [1.54, 1.807) is 7.11 Å². The van der Waals surface area contributed by atoms with Gasteiger partial charge in [-0.25, -0.2) is 8.42 Å². The van der Waals surface area contributed by atoms with Gasteiger partial charge in [0.1, 0.15) is 17.3 Å². The maximum atomic E-state index is 11.4. The second-order valence-electron chi connectivity index (χ2n) is 3.84. The third-order valence-corrected chi connectivity index (χ3v) is 3.87.